The number of fused-ring (bicyclic) bond motifs is 1. The van der Waals surface area contributed by atoms with Crippen LogP contribution in [0.1, 0.15) is 33.1 Å². The Morgan fingerprint density at radius 2 is 1.81 bits per heavy atom. The molecule has 1 saturated carbocycles. The molecule has 0 aromatic rings. The number of aliphatic hydroxyl groups is 1. The number of carboxylic acid groups (broad SMARTS) is 2. The summed E-state index contributed by atoms with van der Waals surface area (Å²) < 4.78 is 0. The van der Waals surface area contributed by atoms with E-state index in [1.165, 1.54) is 6.08 Å². The highest BCUT2D eigenvalue weighted by Gasteiger charge is 2.65. The zero-order valence-corrected chi connectivity index (χ0v) is 17.7. The van der Waals surface area contributed by atoms with Crippen LogP contribution in [-0.2, 0) is 28.8 Å². The van der Waals surface area contributed by atoms with Crippen LogP contribution in [0.3, 0.4) is 0 Å². The third kappa shape index (κ3) is 7.65. The van der Waals surface area contributed by atoms with Crippen LogP contribution < -0.4 is 21.3 Å². The molecule has 1 heterocycles. The largest absolute Gasteiger partial charge is 0.481 e. The molecule has 1 saturated heterocycles. The average molecular weight is 456 g/mol. The van der Waals surface area contributed by atoms with Gasteiger partial charge in [-0.05, 0) is 20.3 Å². The molecule has 0 aromatic heterocycles. The SMILES string of the molecule is C/C=C/C(O)C(=O)NC(C)CC(=O)O.O=CNC(CC(=O)O)C(=O)NC12CC1CNC2=O. The molecule has 5 unspecified atom stereocenters. The molecule has 5 atom stereocenters. The number of carboxylic acids is 2. The highest BCUT2D eigenvalue weighted by molar-refractivity contribution is 5.99. The van der Waals surface area contributed by atoms with Gasteiger partial charge in [-0.1, -0.05) is 12.2 Å². The molecule has 2 rings (SSSR count). The first-order valence-electron chi connectivity index (χ1n) is 9.81. The minimum absolute atomic E-state index is 0.0654. The molecule has 0 bridgehead atoms. The molecule has 1 aliphatic heterocycles. The lowest BCUT2D eigenvalue weighted by molar-refractivity contribution is -0.140. The predicted molar refractivity (Wildman–Crippen MR) is 108 cm³/mol. The molecule has 0 radical (unpaired) electrons. The normalized spacial score (nSPS) is 23.3. The Kier molecular flexibility index (Phi) is 9.78. The Hall–Kier alpha value is -3.48. The number of carbonyl (C=O) groups is 6. The maximum atomic E-state index is 11.8. The van der Waals surface area contributed by atoms with Gasteiger partial charge in [0.15, 0.2) is 6.10 Å². The van der Waals surface area contributed by atoms with E-state index in [0.29, 0.717) is 13.0 Å². The van der Waals surface area contributed by atoms with E-state index in [0.717, 1.165) is 0 Å². The van der Waals surface area contributed by atoms with Crippen LogP contribution in [0.5, 0.6) is 0 Å². The lowest BCUT2D eigenvalue weighted by atomic mass is 10.1. The number of allylic oxidation sites excluding steroid dienone is 1. The van der Waals surface area contributed by atoms with E-state index in [9.17, 15) is 28.8 Å². The lowest BCUT2D eigenvalue weighted by Crippen LogP contribution is -2.53. The van der Waals surface area contributed by atoms with Crippen molar-refractivity contribution in [3.8, 4) is 0 Å². The van der Waals surface area contributed by atoms with Crippen molar-refractivity contribution in [2.45, 2.75) is 56.8 Å². The summed E-state index contributed by atoms with van der Waals surface area (Å²) in [6.07, 6.45) is 1.81. The number of carbonyl (C=O) groups excluding carboxylic acids is 4. The molecule has 1 aliphatic carbocycles. The van der Waals surface area contributed by atoms with Gasteiger partial charge in [0.2, 0.25) is 18.2 Å². The fraction of sp³-hybridized carbons (Fsp3) is 0.579. The van der Waals surface area contributed by atoms with Gasteiger partial charge >= 0.3 is 11.9 Å². The van der Waals surface area contributed by atoms with E-state index in [4.69, 9.17) is 15.3 Å². The summed E-state index contributed by atoms with van der Waals surface area (Å²) in [4.78, 5) is 65.6. The minimum atomic E-state index is -1.21. The molecule has 0 spiro atoms. The Morgan fingerprint density at radius 1 is 1.19 bits per heavy atom. The molecule has 178 valence electrons. The van der Waals surface area contributed by atoms with Crippen molar-refractivity contribution >= 4 is 36.1 Å². The maximum Gasteiger partial charge on any atom is 0.305 e. The monoisotopic (exact) mass is 456 g/mol. The van der Waals surface area contributed by atoms with E-state index in [2.05, 4.69) is 21.3 Å². The van der Waals surface area contributed by atoms with E-state index in [-0.39, 0.29) is 24.7 Å². The molecule has 13 heteroatoms. The van der Waals surface area contributed by atoms with Crippen LogP contribution in [0, 0.1) is 5.92 Å². The summed E-state index contributed by atoms with van der Waals surface area (Å²) in [5, 5.41) is 35.9. The number of nitrogens with one attached hydrogen (secondary N) is 4. The molecule has 2 fully saturated rings. The minimum Gasteiger partial charge on any atom is -0.481 e. The molecule has 7 N–H and O–H groups in total. The fourth-order valence-corrected chi connectivity index (χ4v) is 3.14. The van der Waals surface area contributed by atoms with Gasteiger partial charge in [-0.15, -0.1) is 0 Å². The first kappa shape index (κ1) is 26.6. The predicted octanol–water partition coefficient (Wildman–Crippen LogP) is -2.52. The van der Waals surface area contributed by atoms with Gasteiger partial charge in [0.25, 0.3) is 5.91 Å². The third-order valence-corrected chi connectivity index (χ3v) is 4.84. The number of rotatable bonds is 11. The van der Waals surface area contributed by atoms with Crippen LogP contribution in [0.2, 0.25) is 0 Å². The average Bonchev–Trinajstić information content (AvgIpc) is 3.30. The van der Waals surface area contributed by atoms with Crippen LogP contribution in [0.15, 0.2) is 12.2 Å². The summed E-state index contributed by atoms with van der Waals surface area (Å²) >= 11 is 0. The van der Waals surface area contributed by atoms with Gasteiger partial charge < -0.3 is 36.6 Å². The Bertz CT molecular complexity index is 785. The molecule has 0 aromatic carbocycles. The smallest absolute Gasteiger partial charge is 0.305 e. The lowest BCUT2D eigenvalue weighted by Gasteiger charge is -2.18. The molecule has 4 amide bonds. The van der Waals surface area contributed by atoms with Gasteiger partial charge in [0.05, 0.1) is 12.8 Å². The van der Waals surface area contributed by atoms with E-state index < -0.39 is 53.9 Å². The standard InChI is InChI=1S/C10H13N3O5.C9H15NO4/c14-4-12-6(1-7(15)16)8(17)13-10-2-5(10)3-11-9(10)18;1-3-4-7(11)9(14)10-6(2)5-8(12)13/h4-6H,1-3H2,(H,11,18)(H,12,14)(H,13,17)(H,15,16);3-4,6-7,11H,5H2,1-2H3,(H,10,14)(H,12,13)/b;4-3+. The van der Waals surface area contributed by atoms with Gasteiger partial charge in [0, 0.05) is 18.5 Å². The number of aliphatic hydroxyl groups excluding tert-OH is 1. The van der Waals surface area contributed by atoms with Gasteiger partial charge in [-0.2, -0.15) is 0 Å². The number of amides is 4. The zero-order valence-electron chi connectivity index (χ0n) is 17.7. The number of aliphatic carboxylic acids is 2. The summed E-state index contributed by atoms with van der Waals surface area (Å²) in [5.41, 5.74) is -0.890. The van der Waals surface area contributed by atoms with Crippen molar-refractivity contribution in [1.82, 2.24) is 21.3 Å². The second-order valence-corrected chi connectivity index (χ2v) is 7.48. The first-order valence-corrected chi connectivity index (χ1v) is 9.81. The quantitative estimate of drug-likeness (QED) is 0.129. The third-order valence-electron chi connectivity index (χ3n) is 4.84. The molecular formula is C19H28N4O9. The Labute approximate surface area is 183 Å². The zero-order chi connectivity index (χ0) is 24.5. The maximum absolute atomic E-state index is 11.8. The van der Waals surface area contributed by atoms with Crippen LogP contribution in [-0.4, -0.2) is 81.7 Å². The van der Waals surface area contributed by atoms with Crippen LogP contribution in [0.25, 0.3) is 0 Å². The van der Waals surface area contributed by atoms with Crippen molar-refractivity contribution in [3.63, 3.8) is 0 Å². The van der Waals surface area contributed by atoms with E-state index >= 15 is 0 Å². The van der Waals surface area contributed by atoms with E-state index in [1.54, 1.807) is 19.9 Å². The van der Waals surface area contributed by atoms with Crippen molar-refractivity contribution in [2.24, 2.45) is 5.92 Å². The molecule has 2 aliphatic rings. The summed E-state index contributed by atoms with van der Waals surface area (Å²) in [6.45, 7) is 3.76. The molecule has 13 nitrogen and oxygen atoms in total. The van der Waals surface area contributed by atoms with Crippen molar-refractivity contribution < 1.29 is 44.1 Å². The second kappa shape index (κ2) is 11.8. The highest BCUT2D eigenvalue weighted by atomic mass is 16.4. The Morgan fingerprint density at radius 3 is 2.25 bits per heavy atom. The van der Waals surface area contributed by atoms with Crippen molar-refractivity contribution in [1.29, 1.82) is 0 Å². The summed E-state index contributed by atoms with van der Waals surface area (Å²) in [7, 11) is 0. The van der Waals surface area contributed by atoms with Gasteiger partial charge in [-0.3, -0.25) is 28.8 Å². The van der Waals surface area contributed by atoms with Crippen LogP contribution in [0.4, 0.5) is 0 Å². The van der Waals surface area contributed by atoms with Gasteiger partial charge in [-0.25, -0.2) is 0 Å². The number of piperidine rings is 1. The summed E-state index contributed by atoms with van der Waals surface area (Å²) in [5.74, 6) is -3.61. The van der Waals surface area contributed by atoms with Crippen molar-refractivity contribution in [3.05, 3.63) is 12.2 Å². The number of hydrogen-bond acceptors (Lipinski definition) is 7. The van der Waals surface area contributed by atoms with Crippen molar-refractivity contribution in [2.75, 3.05) is 6.54 Å². The Balaban J connectivity index is 0.000000333. The highest BCUT2D eigenvalue weighted by Crippen LogP contribution is 2.46. The van der Waals surface area contributed by atoms with Gasteiger partial charge in [0.1, 0.15) is 11.6 Å². The molecule has 32 heavy (non-hydrogen) atoms. The summed E-state index contributed by atoms with van der Waals surface area (Å²) in [6, 6.07) is -1.65. The van der Waals surface area contributed by atoms with Crippen LogP contribution >= 0.6 is 0 Å². The first-order chi connectivity index (χ1) is 15.0. The molecular weight excluding hydrogens is 428 g/mol. The fourth-order valence-electron chi connectivity index (χ4n) is 3.14. The van der Waals surface area contributed by atoms with E-state index in [1.807, 2.05) is 0 Å². The number of hydrogen-bond donors (Lipinski definition) is 7. The second-order valence-electron chi connectivity index (χ2n) is 7.48. The topological polar surface area (TPSA) is 211 Å².